The maximum Gasteiger partial charge on any atom is 0.251 e. The fraction of sp³-hybridized carbons (Fsp3) is 0.562. The molecule has 1 aromatic carbocycles. The van der Waals surface area contributed by atoms with Crippen LogP contribution in [0.5, 0.6) is 0 Å². The predicted molar refractivity (Wildman–Crippen MR) is 94.9 cm³/mol. The van der Waals surface area contributed by atoms with Gasteiger partial charge < -0.3 is 9.08 Å². The first-order valence-electron chi connectivity index (χ1n) is 7.71. The van der Waals surface area contributed by atoms with Gasteiger partial charge in [0.05, 0.1) is 6.10 Å². The lowest BCUT2D eigenvalue weighted by molar-refractivity contribution is -0.140. The van der Waals surface area contributed by atoms with Crippen LogP contribution in [0.15, 0.2) is 33.6 Å². The maximum absolute atomic E-state index is 12.2. The molecule has 0 aliphatic carbocycles. The number of hydrogen-bond donors (Lipinski definition) is 1. The number of rotatable bonds is 7. The number of amides is 1. The number of likely N-dealkylation sites (tertiary alicyclic amines) is 1. The number of nitrogens with one attached hydrogen (secondary N) is 1. The van der Waals surface area contributed by atoms with Gasteiger partial charge in [0.15, 0.2) is 0 Å². The summed E-state index contributed by atoms with van der Waals surface area (Å²) >= 11 is 4.77. The molecule has 1 amide bonds. The van der Waals surface area contributed by atoms with E-state index in [-0.39, 0.29) is 30.7 Å². The number of carbonyl (C=O) groups is 1. The molecule has 1 N–H and O–H groups in total. The second-order valence-electron chi connectivity index (χ2n) is 5.95. The minimum absolute atomic E-state index is 0.00890. The molecule has 1 heterocycles. The van der Waals surface area contributed by atoms with Gasteiger partial charge in [-0.2, -0.15) is 5.48 Å². The van der Waals surface area contributed by atoms with Crippen LogP contribution in [-0.4, -0.2) is 42.1 Å². The number of benzene rings is 1. The van der Waals surface area contributed by atoms with E-state index in [2.05, 4.69) is 21.4 Å². The van der Waals surface area contributed by atoms with Crippen molar-refractivity contribution in [1.29, 1.82) is 0 Å². The highest BCUT2D eigenvalue weighted by Gasteiger charge is 2.33. The smallest absolute Gasteiger partial charge is 0.251 e. The summed E-state index contributed by atoms with van der Waals surface area (Å²) < 4.78 is 6.92. The molecule has 2 rings (SSSR count). The maximum atomic E-state index is 12.2. The van der Waals surface area contributed by atoms with Crippen LogP contribution in [0.2, 0.25) is 0 Å². The zero-order chi connectivity index (χ0) is 16.8. The van der Waals surface area contributed by atoms with Crippen LogP contribution in [0.3, 0.4) is 0 Å². The molecule has 2 unspecified atom stereocenters. The Morgan fingerprint density at radius 2 is 2.13 bits per heavy atom. The Balaban J connectivity index is 1.76. The van der Waals surface area contributed by atoms with Crippen LogP contribution in [0.25, 0.3) is 0 Å². The van der Waals surface area contributed by atoms with Crippen molar-refractivity contribution in [3.8, 4) is 0 Å². The Labute approximate surface area is 150 Å². The van der Waals surface area contributed by atoms with Crippen LogP contribution in [-0.2, 0) is 13.8 Å². The molecule has 0 aromatic heterocycles. The zero-order valence-corrected chi connectivity index (χ0v) is 16.0. The molecule has 2 atom stereocenters. The topological polar surface area (TPSA) is 50.8 Å². The summed E-state index contributed by atoms with van der Waals surface area (Å²) in [5.74, 6) is -0.00890. The first-order chi connectivity index (χ1) is 11.0. The average Bonchev–Trinajstić information content (AvgIpc) is 2.87. The van der Waals surface area contributed by atoms with Crippen LogP contribution < -0.4 is 5.48 Å². The van der Waals surface area contributed by atoms with E-state index < -0.39 is 0 Å². The normalized spacial score (nSPS) is 21.2. The van der Waals surface area contributed by atoms with E-state index in [9.17, 15) is 4.79 Å². The second-order valence-corrected chi connectivity index (χ2v) is 7.69. The molecule has 0 radical (unpaired) electrons. The fourth-order valence-corrected chi connectivity index (χ4v) is 3.26. The van der Waals surface area contributed by atoms with E-state index in [1.165, 1.54) is 12.0 Å². The van der Waals surface area contributed by atoms with Gasteiger partial charge in [-0.3, -0.25) is 9.63 Å². The lowest BCUT2D eigenvalue weighted by Gasteiger charge is -2.21. The minimum atomic E-state index is -0.00890. The summed E-state index contributed by atoms with van der Waals surface area (Å²) in [6.45, 7) is 6.63. The molecule has 0 saturated carbocycles. The molecule has 1 aliphatic rings. The second kappa shape index (κ2) is 9.03. The largest absolute Gasteiger partial charge is 0.335 e. The zero-order valence-electron chi connectivity index (χ0n) is 13.6. The highest BCUT2D eigenvalue weighted by molar-refractivity contribution is 9.10. The predicted octanol–water partition coefficient (Wildman–Crippen LogP) is 3.39. The van der Waals surface area contributed by atoms with Gasteiger partial charge in [0, 0.05) is 40.0 Å². The van der Waals surface area contributed by atoms with Gasteiger partial charge in [0.25, 0.3) is 5.91 Å². The number of hydroxylamine groups is 1. The van der Waals surface area contributed by atoms with E-state index in [0.29, 0.717) is 6.54 Å². The van der Waals surface area contributed by atoms with Crippen molar-refractivity contribution in [3.05, 3.63) is 28.7 Å². The van der Waals surface area contributed by atoms with Gasteiger partial charge in [-0.1, -0.05) is 15.9 Å². The van der Waals surface area contributed by atoms with Gasteiger partial charge in [0.2, 0.25) is 0 Å². The van der Waals surface area contributed by atoms with Crippen molar-refractivity contribution in [2.24, 2.45) is 0 Å². The Morgan fingerprint density at radius 3 is 2.78 bits per heavy atom. The molecule has 0 spiro atoms. The summed E-state index contributed by atoms with van der Waals surface area (Å²) in [5, 5.41) is 0. The number of halogens is 1. The van der Waals surface area contributed by atoms with Crippen molar-refractivity contribution in [3.63, 3.8) is 0 Å². The van der Waals surface area contributed by atoms with Gasteiger partial charge in [-0.15, -0.1) is 0 Å². The lowest BCUT2D eigenvalue weighted by atomic mass is 10.2. The Kier molecular flexibility index (Phi) is 7.36. The third-order valence-corrected chi connectivity index (χ3v) is 4.83. The van der Waals surface area contributed by atoms with Gasteiger partial charge in [0.1, 0.15) is 6.61 Å². The summed E-state index contributed by atoms with van der Waals surface area (Å²) in [6, 6.07) is 8.33. The molecule has 1 fully saturated rings. The highest BCUT2D eigenvalue weighted by atomic mass is 79.9. The number of carbonyl (C=O) groups excluding carboxylic acids is 1. The molecule has 5 nitrogen and oxygen atoms in total. The number of hydrogen-bond acceptors (Lipinski definition) is 5. The van der Waals surface area contributed by atoms with Crippen LogP contribution in [0, 0.1) is 0 Å². The Bertz CT molecular complexity index is 513. The molecule has 1 saturated heterocycles. The molecule has 0 bridgehead atoms. The summed E-state index contributed by atoms with van der Waals surface area (Å²) in [7, 11) is 0. The van der Waals surface area contributed by atoms with E-state index in [0.717, 1.165) is 15.8 Å². The SMILES string of the molecule is CC(C)NOCC(=O)N1CC(OSc2ccc(Br)cc2)CC1C. The Hall–Kier alpha value is -0.600. The standard InChI is InChI=1S/C16H23BrN2O3S/c1-11(2)18-21-10-16(20)19-9-14(8-12(19)3)22-23-15-6-4-13(17)5-7-15/h4-7,11-12,14,18H,8-10H2,1-3H3. The lowest BCUT2D eigenvalue weighted by Crippen LogP contribution is -2.39. The third-order valence-electron chi connectivity index (χ3n) is 3.47. The molecule has 1 aromatic rings. The van der Waals surface area contributed by atoms with Crippen LogP contribution >= 0.6 is 28.0 Å². The average molecular weight is 403 g/mol. The third kappa shape index (κ3) is 6.08. The van der Waals surface area contributed by atoms with E-state index in [1.54, 1.807) is 0 Å². The summed E-state index contributed by atoms with van der Waals surface area (Å²) in [5.41, 5.74) is 2.79. The first-order valence-corrected chi connectivity index (χ1v) is 9.25. The molecule has 128 valence electrons. The van der Waals surface area contributed by atoms with E-state index >= 15 is 0 Å². The van der Waals surface area contributed by atoms with Gasteiger partial charge in [-0.25, -0.2) is 0 Å². The van der Waals surface area contributed by atoms with Crippen molar-refractivity contribution < 1.29 is 13.8 Å². The molecular weight excluding hydrogens is 380 g/mol. The molecule has 7 heteroatoms. The molecular formula is C16H23BrN2O3S. The quantitative estimate of drug-likeness (QED) is 0.559. The van der Waals surface area contributed by atoms with Crippen LogP contribution in [0.4, 0.5) is 0 Å². The van der Waals surface area contributed by atoms with Crippen LogP contribution in [0.1, 0.15) is 27.2 Å². The van der Waals surface area contributed by atoms with Crippen molar-refractivity contribution >= 4 is 33.9 Å². The number of nitrogens with zero attached hydrogens (tertiary/aromatic N) is 1. The minimum Gasteiger partial charge on any atom is -0.335 e. The first kappa shape index (κ1) is 18.7. The fourth-order valence-electron chi connectivity index (χ4n) is 2.37. The van der Waals surface area contributed by atoms with Crippen molar-refractivity contribution in [2.75, 3.05) is 13.2 Å². The van der Waals surface area contributed by atoms with Gasteiger partial charge in [-0.05, 0) is 51.5 Å². The summed E-state index contributed by atoms with van der Waals surface area (Å²) in [6.07, 6.45) is 0.882. The van der Waals surface area contributed by atoms with Crippen molar-refractivity contribution in [1.82, 2.24) is 10.4 Å². The molecule has 23 heavy (non-hydrogen) atoms. The monoisotopic (exact) mass is 402 g/mol. The molecule has 1 aliphatic heterocycles. The van der Waals surface area contributed by atoms with Crippen molar-refractivity contribution in [2.45, 2.75) is 50.3 Å². The highest BCUT2D eigenvalue weighted by Crippen LogP contribution is 2.28. The summed E-state index contributed by atoms with van der Waals surface area (Å²) in [4.78, 5) is 20.3. The van der Waals surface area contributed by atoms with Gasteiger partial charge >= 0.3 is 0 Å². The van der Waals surface area contributed by atoms with E-state index in [4.69, 9.17) is 9.02 Å². The Morgan fingerprint density at radius 1 is 1.43 bits per heavy atom. The van der Waals surface area contributed by atoms with E-state index in [1.807, 2.05) is 49.9 Å².